The van der Waals surface area contributed by atoms with Crippen LogP contribution >= 0.6 is 22.6 Å². The molecule has 0 radical (unpaired) electrons. The highest BCUT2D eigenvalue weighted by Gasteiger charge is 2.50. The third kappa shape index (κ3) is 3.07. The lowest BCUT2D eigenvalue weighted by atomic mass is 9.85. The number of methoxy groups -OCH3 is 3. The fourth-order valence-corrected chi connectivity index (χ4v) is 6.05. The maximum Gasteiger partial charge on any atom is 0.346 e. The maximum atomic E-state index is 13.1. The normalized spacial score (nSPS) is 20.4. The first-order chi connectivity index (χ1) is 16.3. The van der Waals surface area contributed by atoms with Gasteiger partial charge in [-0.2, -0.15) is 0 Å². The van der Waals surface area contributed by atoms with Crippen molar-refractivity contribution in [2.24, 2.45) is 0 Å². The molecule has 0 spiro atoms. The molecule has 0 N–H and O–H groups in total. The lowest BCUT2D eigenvalue weighted by Gasteiger charge is -2.38. The molecule has 0 bridgehead atoms. The number of hydrogen-bond donors (Lipinski definition) is 0. The van der Waals surface area contributed by atoms with Gasteiger partial charge in [-0.25, -0.2) is 4.79 Å². The van der Waals surface area contributed by atoms with Gasteiger partial charge in [0.25, 0.3) is 0 Å². The van der Waals surface area contributed by atoms with Crippen LogP contribution in [0.25, 0.3) is 0 Å². The van der Waals surface area contributed by atoms with Crippen LogP contribution in [-0.2, 0) is 11.2 Å². The van der Waals surface area contributed by atoms with Crippen LogP contribution in [0.1, 0.15) is 39.2 Å². The van der Waals surface area contributed by atoms with E-state index < -0.39 is 28.7 Å². The van der Waals surface area contributed by atoms with Crippen molar-refractivity contribution >= 4 is 34.2 Å². The van der Waals surface area contributed by atoms with Gasteiger partial charge in [0, 0.05) is 17.7 Å². The molecule has 0 saturated heterocycles. The smallest absolute Gasteiger partial charge is 0.346 e. The molecule has 2 aromatic carbocycles. The number of halogens is 1. The number of nitrogens with zero attached hydrogens (tertiary/aromatic N) is 2. The Hall–Kier alpha value is -3.00. The number of ether oxygens (including phenoxy) is 6. The minimum Gasteiger partial charge on any atom is -0.492 e. The van der Waals surface area contributed by atoms with E-state index in [1.54, 1.807) is 7.11 Å². The van der Waals surface area contributed by atoms with Crippen LogP contribution in [0.5, 0.6) is 28.7 Å². The van der Waals surface area contributed by atoms with Crippen molar-refractivity contribution in [2.45, 2.75) is 18.6 Å². The number of carbonyl (C=O) groups is 1. The minimum absolute atomic E-state index is 0.0808. The molecule has 12 heteroatoms. The summed E-state index contributed by atoms with van der Waals surface area (Å²) in [5.74, 6) is 0.847. The highest BCUT2D eigenvalue weighted by molar-refractivity contribution is 14.1. The molecular formula is C22H21IN2O9. The number of nitro groups is 1. The average molecular weight is 584 g/mol. The first-order valence-electron chi connectivity index (χ1n) is 10.4. The summed E-state index contributed by atoms with van der Waals surface area (Å²) < 4.78 is 34.1. The van der Waals surface area contributed by atoms with Gasteiger partial charge in [0.05, 0.1) is 35.9 Å². The summed E-state index contributed by atoms with van der Waals surface area (Å²) in [4.78, 5) is 26.5. The third-order valence-electron chi connectivity index (χ3n) is 6.42. The number of esters is 1. The Morgan fingerprint density at radius 1 is 1.12 bits per heavy atom. The van der Waals surface area contributed by atoms with Crippen molar-refractivity contribution < 1.29 is 38.1 Å². The number of fused-ring (bicyclic) bond motifs is 3. The molecule has 11 nitrogen and oxygen atoms in total. The number of carbonyl (C=O) groups excluding carboxylic acids is 1. The van der Waals surface area contributed by atoms with E-state index in [-0.39, 0.29) is 23.9 Å². The van der Waals surface area contributed by atoms with E-state index in [9.17, 15) is 14.9 Å². The first-order valence-corrected chi connectivity index (χ1v) is 11.4. The highest BCUT2D eigenvalue weighted by Crippen LogP contribution is 2.57. The number of likely N-dealkylation sites (N-methyl/N-ethyl adjacent to an activating group) is 1. The summed E-state index contributed by atoms with van der Waals surface area (Å²) in [6.45, 7) is 0.743. The molecule has 3 heterocycles. The van der Waals surface area contributed by atoms with E-state index in [2.05, 4.69) is 0 Å². The van der Waals surface area contributed by atoms with Gasteiger partial charge in [-0.15, -0.1) is 0 Å². The molecule has 3 aliphatic heterocycles. The summed E-state index contributed by atoms with van der Waals surface area (Å²) in [7, 11) is 6.14. The Labute approximate surface area is 208 Å². The van der Waals surface area contributed by atoms with Crippen LogP contribution in [0.3, 0.4) is 0 Å². The zero-order valence-electron chi connectivity index (χ0n) is 18.8. The molecule has 0 aromatic heterocycles. The first kappa shape index (κ1) is 22.8. The van der Waals surface area contributed by atoms with Crippen LogP contribution in [0.2, 0.25) is 0 Å². The van der Waals surface area contributed by atoms with Gasteiger partial charge >= 0.3 is 11.7 Å². The number of benzene rings is 2. The predicted octanol–water partition coefficient (Wildman–Crippen LogP) is 3.39. The second-order valence-corrected chi connectivity index (χ2v) is 9.07. The number of rotatable bonds is 5. The molecule has 0 amide bonds. The van der Waals surface area contributed by atoms with Crippen molar-refractivity contribution in [3.05, 3.63) is 42.0 Å². The van der Waals surface area contributed by atoms with Gasteiger partial charge in [-0.3, -0.25) is 15.0 Å². The van der Waals surface area contributed by atoms with Crippen molar-refractivity contribution in [3.8, 4) is 28.7 Å². The molecule has 2 atom stereocenters. The fourth-order valence-electron chi connectivity index (χ4n) is 5.01. The van der Waals surface area contributed by atoms with E-state index in [4.69, 9.17) is 28.4 Å². The Balaban J connectivity index is 1.78. The molecule has 0 unspecified atom stereocenters. The summed E-state index contributed by atoms with van der Waals surface area (Å²) >= 11 is 2.02. The van der Waals surface area contributed by atoms with Crippen molar-refractivity contribution in [1.82, 2.24) is 4.90 Å². The number of hydrogen-bond acceptors (Lipinski definition) is 10. The average Bonchev–Trinajstić information content (AvgIpc) is 3.41. The van der Waals surface area contributed by atoms with Crippen molar-refractivity contribution in [1.29, 1.82) is 0 Å². The van der Waals surface area contributed by atoms with E-state index in [0.717, 1.165) is 11.1 Å². The molecule has 5 rings (SSSR count). The molecule has 0 saturated carbocycles. The second-order valence-electron chi connectivity index (χ2n) is 7.99. The monoisotopic (exact) mass is 584 g/mol. The SMILES string of the molecule is COc1c(I)c2c(c([N+](=O)[O-])c1OC)C(=O)O[C@@H]2[C@H]1c2c(cc3c(c2OC)OCO3)CCN1C. The van der Waals surface area contributed by atoms with Gasteiger partial charge in [-0.05, 0) is 47.7 Å². The maximum absolute atomic E-state index is 13.1. The van der Waals surface area contributed by atoms with E-state index >= 15 is 0 Å². The van der Waals surface area contributed by atoms with Crippen LogP contribution in [0, 0.1) is 13.7 Å². The fraction of sp³-hybridized carbons (Fsp3) is 0.409. The standard InChI is InChI=1S/C22H21IN2O9/c1-24-6-5-9-7-10-17(33-8-32-10)19(29-2)11(9)15(24)18-12-13(22(26)34-18)16(25(27)28)21(31-4)20(30-3)14(12)23/h7,15,18H,5-6,8H2,1-4H3/t15-,18+/m1/s1. The van der Waals surface area contributed by atoms with E-state index in [0.29, 0.717) is 39.3 Å². The van der Waals surface area contributed by atoms with Crippen LogP contribution < -0.4 is 23.7 Å². The molecule has 0 aliphatic carbocycles. The lowest BCUT2D eigenvalue weighted by molar-refractivity contribution is -0.386. The van der Waals surface area contributed by atoms with Crippen LogP contribution in [0.15, 0.2) is 6.07 Å². The molecule has 3 aliphatic rings. The predicted molar refractivity (Wildman–Crippen MR) is 125 cm³/mol. The zero-order valence-corrected chi connectivity index (χ0v) is 21.0. The Kier molecular flexibility index (Phi) is 5.59. The second kappa shape index (κ2) is 8.34. The van der Waals surface area contributed by atoms with E-state index in [1.807, 2.05) is 40.6 Å². The summed E-state index contributed by atoms with van der Waals surface area (Å²) in [5.41, 5.74) is 1.55. The van der Waals surface area contributed by atoms with Gasteiger partial charge in [-0.1, -0.05) is 0 Å². The zero-order chi connectivity index (χ0) is 24.3. The Morgan fingerprint density at radius 3 is 2.47 bits per heavy atom. The number of cyclic esters (lactones) is 1. The highest BCUT2D eigenvalue weighted by atomic mass is 127. The van der Waals surface area contributed by atoms with Crippen LogP contribution in [-0.4, -0.2) is 57.5 Å². The summed E-state index contributed by atoms with van der Waals surface area (Å²) in [6, 6.07) is 1.42. The van der Waals surface area contributed by atoms with Crippen molar-refractivity contribution in [3.63, 3.8) is 0 Å². The molecule has 34 heavy (non-hydrogen) atoms. The molecular weight excluding hydrogens is 563 g/mol. The van der Waals surface area contributed by atoms with Gasteiger partial charge in [0.1, 0.15) is 11.7 Å². The van der Waals surface area contributed by atoms with Gasteiger partial charge < -0.3 is 28.4 Å². The molecule has 2 aromatic rings. The Bertz CT molecular complexity index is 1230. The molecule has 0 fully saturated rings. The largest absolute Gasteiger partial charge is 0.492 e. The van der Waals surface area contributed by atoms with E-state index in [1.165, 1.54) is 14.2 Å². The Morgan fingerprint density at radius 2 is 1.82 bits per heavy atom. The van der Waals surface area contributed by atoms with Gasteiger partial charge in [0.2, 0.25) is 18.3 Å². The summed E-state index contributed by atoms with van der Waals surface area (Å²) in [5, 5.41) is 12.0. The summed E-state index contributed by atoms with van der Waals surface area (Å²) in [6.07, 6.45) is -0.141. The lowest BCUT2D eigenvalue weighted by Crippen LogP contribution is -2.36. The van der Waals surface area contributed by atoms with Crippen molar-refractivity contribution in [2.75, 3.05) is 41.7 Å². The quantitative estimate of drug-likeness (QED) is 0.224. The minimum atomic E-state index is -0.855. The topological polar surface area (TPSA) is 119 Å². The number of nitro benzene ring substituents is 1. The van der Waals surface area contributed by atoms with Crippen LogP contribution in [0.4, 0.5) is 5.69 Å². The van der Waals surface area contributed by atoms with Gasteiger partial charge in [0.15, 0.2) is 17.2 Å². The molecule has 180 valence electrons. The third-order valence-corrected chi connectivity index (χ3v) is 7.49.